The van der Waals surface area contributed by atoms with E-state index in [0.29, 0.717) is 12.8 Å². The van der Waals surface area contributed by atoms with E-state index in [9.17, 15) is 23.3 Å². The van der Waals surface area contributed by atoms with Gasteiger partial charge in [-0.25, -0.2) is 0 Å². The number of halogens is 3. The zero-order chi connectivity index (χ0) is 16.2. The predicted octanol–water partition coefficient (Wildman–Crippen LogP) is 4.42. The topological polar surface area (TPSA) is 55.2 Å². The Kier molecular flexibility index (Phi) is 5.05. The first-order valence-electron chi connectivity index (χ1n) is 7.17. The predicted molar refractivity (Wildman–Crippen MR) is 77.1 cm³/mol. The molecule has 0 aliphatic heterocycles. The normalized spacial score (nSPS) is 17.3. The Bertz CT molecular complexity index is 564. The average molecular weight is 314 g/mol. The number of benzene rings is 1. The molecule has 0 unspecified atom stereocenters. The summed E-state index contributed by atoms with van der Waals surface area (Å²) in [5.41, 5.74) is -1.31. The van der Waals surface area contributed by atoms with Crippen molar-refractivity contribution in [1.29, 1.82) is 0 Å². The van der Waals surface area contributed by atoms with Crippen molar-refractivity contribution in [2.24, 2.45) is 0 Å². The molecule has 0 spiro atoms. The number of nitro groups is 1. The number of rotatable bonds is 4. The number of para-hydroxylation sites is 1. The Morgan fingerprint density at radius 1 is 1.23 bits per heavy atom. The van der Waals surface area contributed by atoms with Crippen LogP contribution in [0.15, 0.2) is 30.0 Å². The Hall–Kier alpha value is -2.05. The molecule has 1 aromatic rings. The molecule has 1 saturated carbocycles. The van der Waals surface area contributed by atoms with Crippen molar-refractivity contribution in [3.8, 4) is 0 Å². The maximum atomic E-state index is 13.2. The molecule has 0 saturated heterocycles. The molecule has 4 nitrogen and oxygen atoms in total. The molecule has 1 aromatic carbocycles. The van der Waals surface area contributed by atoms with Crippen molar-refractivity contribution >= 4 is 11.8 Å². The van der Waals surface area contributed by atoms with Crippen molar-refractivity contribution in [3.63, 3.8) is 0 Å². The van der Waals surface area contributed by atoms with Gasteiger partial charge in [0, 0.05) is 12.1 Å². The summed E-state index contributed by atoms with van der Waals surface area (Å²) in [6, 6.07) is 5.18. The SMILES string of the molecule is O=[N+]([O-])c1ccccc1/C=C(/NC1CCCCC1)C(F)(F)F. The van der Waals surface area contributed by atoms with Crippen LogP contribution >= 0.6 is 0 Å². The van der Waals surface area contributed by atoms with E-state index in [1.54, 1.807) is 0 Å². The van der Waals surface area contributed by atoms with Gasteiger partial charge in [0.2, 0.25) is 0 Å². The van der Waals surface area contributed by atoms with Gasteiger partial charge in [0.25, 0.3) is 5.69 Å². The van der Waals surface area contributed by atoms with Gasteiger partial charge >= 0.3 is 6.18 Å². The first-order valence-corrected chi connectivity index (χ1v) is 7.17. The third kappa shape index (κ3) is 4.22. The van der Waals surface area contributed by atoms with Crippen molar-refractivity contribution in [2.45, 2.75) is 44.3 Å². The first kappa shape index (κ1) is 16.3. The van der Waals surface area contributed by atoms with E-state index in [1.807, 2.05) is 0 Å². The zero-order valence-corrected chi connectivity index (χ0v) is 11.9. The third-order valence-electron chi connectivity index (χ3n) is 3.70. The quantitative estimate of drug-likeness (QED) is 0.661. The number of alkyl halides is 3. The summed E-state index contributed by atoms with van der Waals surface area (Å²) in [6.45, 7) is 0. The van der Waals surface area contributed by atoms with Crippen LogP contribution in [0.25, 0.3) is 6.08 Å². The molecule has 22 heavy (non-hydrogen) atoms. The summed E-state index contributed by atoms with van der Waals surface area (Å²) in [5.74, 6) is 0. The maximum Gasteiger partial charge on any atom is 0.430 e. The average Bonchev–Trinajstić information content (AvgIpc) is 2.47. The standard InChI is InChI=1S/C15H17F3N2O2/c16-15(17,18)14(19-12-7-2-1-3-8-12)10-11-6-4-5-9-13(11)20(21)22/h4-6,9-10,12,19H,1-3,7-8H2/b14-10+. The van der Waals surface area contributed by atoms with E-state index in [1.165, 1.54) is 24.3 Å². The van der Waals surface area contributed by atoms with Crippen LogP contribution in [0.1, 0.15) is 37.7 Å². The summed E-state index contributed by atoms with van der Waals surface area (Å²) >= 11 is 0. The largest absolute Gasteiger partial charge is 0.430 e. The van der Waals surface area contributed by atoms with Gasteiger partial charge in [-0.05, 0) is 25.0 Å². The van der Waals surface area contributed by atoms with Crippen LogP contribution < -0.4 is 5.32 Å². The molecule has 120 valence electrons. The molecule has 0 bridgehead atoms. The van der Waals surface area contributed by atoms with Crippen molar-refractivity contribution in [2.75, 3.05) is 0 Å². The fourth-order valence-electron chi connectivity index (χ4n) is 2.60. The molecule has 0 amide bonds. The highest BCUT2D eigenvalue weighted by molar-refractivity contribution is 5.63. The highest BCUT2D eigenvalue weighted by atomic mass is 19.4. The van der Waals surface area contributed by atoms with E-state index in [4.69, 9.17) is 0 Å². The van der Waals surface area contributed by atoms with E-state index < -0.39 is 16.8 Å². The summed E-state index contributed by atoms with van der Waals surface area (Å²) in [6.07, 6.45) is 0.457. The maximum absolute atomic E-state index is 13.2. The van der Waals surface area contributed by atoms with Crippen LogP contribution in [0.4, 0.5) is 18.9 Å². The van der Waals surface area contributed by atoms with Gasteiger partial charge in [0.15, 0.2) is 0 Å². The number of hydrogen-bond donors (Lipinski definition) is 1. The van der Waals surface area contributed by atoms with E-state index in [0.717, 1.165) is 25.3 Å². The fraction of sp³-hybridized carbons (Fsp3) is 0.467. The highest BCUT2D eigenvalue weighted by Crippen LogP contribution is 2.30. The third-order valence-corrected chi connectivity index (χ3v) is 3.70. The summed E-state index contributed by atoms with van der Waals surface area (Å²) in [5, 5.41) is 13.4. The lowest BCUT2D eigenvalue weighted by atomic mass is 9.95. The van der Waals surface area contributed by atoms with Gasteiger partial charge in [-0.1, -0.05) is 31.4 Å². The molecule has 0 atom stereocenters. The van der Waals surface area contributed by atoms with E-state index in [-0.39, 0.29) is 17.3 Å². The molecule has 0 radical (unpaired) electrons. The van der Waals surface area contributed by atoms with Crippen molar-refractivity contribution in [1.82, 2.24) is 5.32 Å². The highest BCUT2D eigenvalue weighted by Gasteiger charge is 2.35. The number of hydrogen-bond acceptors (Lipinski definition) is 3. The number of nitrogens with one attached hydrogen (secondary N) is 1. The van der Waals surface area contributed by atoms with Crippen molar-refractivity contribution < 1.29 is 18.1 Å². The monoisotopic (exact) mass is 314 g/mol. The molecule has 0 heterocycles. The van der Waals surface area contributed by atoms with Gasteiger partial charge in [-0.15, -0.1) is 0 Å². The van der Waals surface area contributed by atoms with Gasteiger partial charge in [-0.2, -0.15) is 13.2 Å². The molecular formula is C15H17F3N2O2. The lowest BCUT2D eigenvalue weighted by molar-refractivity contribution is -0.385. The van der Waals surface area contributed by atoms with Crippen LogP contribution in [-0.4, -0.2) is 17.1 Å². The number of nitro benzene ring substituents is 1. The van der Waals surface area contributed by atoms with Crippen molar-refractivity contribution in [3.05, 3.63) is 45.6 Å². The lowest BCUT2D eigenvalue weighted by Crippen LogP contribution is -2.36. The summed E-state index contributed by atoms with van der Waals surface area (Å²) < 4.78 is 39.6. The minimum Gasteiger partial charge on any atom is -0.378 e. The summed E-state index contributed by atoms with van der Waals surface area (Å²) in [7, 11) is 0. The van der Waals surface area contributed by atoms with Gasteiger partial charge in [0.05, 0.1) is 10.5 Å². The second kappa shape index (κ2) is 6.81. The Labute approximate surface area is 126 Å². The molecule has 0 aromatic heterocycles. The van der Waals surface area contributed by atoms with Gasteiger partial charge in [0.1, 0.15) is 5.70 Å². The van der Waals surface area contributed by atoms with Gasteiger partial charge in [-0.3, -0.25) is 10.1 Å². The minimum atomic E-state index is -4.57. The van der Waals surface area contributed by atoms with Gasteiger partial charge < -0.3 is 5.32 Å². The molecule has 7 heteroatoms. The molecule has 2 rings (SSSR count). The smallest absolute Gasteiger partial charge is 0.378 e. The Balaban J connectivity index is 2.31. The lowest BCUT2D eigenvalue weighted by Gasteiger charge is -2.26. The molecule has 1 aliphatic rings. The first-order chi connectivity index (χ1) is 10.4. The zero-order valence-electron chi connectivity index (χ0n) is 11.9. The molecule has 1 N–H and O–H groups in total. The van der Waals surface area contributed by atoms with Crippen LogP contribution in [0.2, 0.25) is 0 Å². The Morgan fingerprint density at radius 3 is 2.45 bits per heavy atom. The number of nitrogens with zero attached hydrogens (tertiary/aromatic N) is 1. The number of allylic oxidation sites excluding steroid dienone is 1. The fourth-order valence-corrected chi connectivity index (χ4v) is 2.60. The van der Waals surface area contributed by atoms with E-state index >= 15 is 0 Å². The van der Waals surface area contributed by atoms with Crippen LogP contribution in [0.3, 0.4) is 0 Å². The molecule has 1 fully saturated rings. The molecular weight excluding hydrogens is 297 g/mol. The van der Waals surface area contributed by atoms with Crippen LogP contribution in [0, 0.1) is 10.1 Å². The molecule has 1 aliphatic carbocycles. The van der Waals surface area contributed by atoms with Crippen LogP contribution in [-0.2, 0) is 0 Å². The van der Waals surface area contributed by atoms with E-state index in [2.05, 4.69) is 5.32 Å². The second-order valence-corrected chi connectivity index (χ2v) is 5.35. The summed E-state index contributed by atoms with van der Waals surface area (Å²) in [4.78, 5) is 10.2. The minimum absolute atomic E-state index is 0.0527. The second-order valence-electron chi connectivity index (χ2n) is 5.35. The Morgan fingerprint density at radius 2 is 1.86 bits per heavy atom. The van der Waals surface area contributed by atoms with Crippen LogP contribution in [0.5, 0.6) is 0 Å².